The molecular formula is C12H18N2O3. The molecule has 0 bridgehead atoms. The number of unbranched alkanes of at least 4 members (excludes halogenated alkanes) is 3. The molecule has 0 saturated carbocycles. The highest BCUT2D eigenvalue weighted by Crippen LogP contribution is 2.06. The van der Waals surface area contributed by atoms with Gasteiger partial charge in [-0.1, -0.05) is 12.8 Å². The maximum Gasteiger partial charge on any atom is 0.303 e. The predicted molar refractivity (Wildman–Crippen MR) is 64.9 cm³/mol. The van der Waals surface area contributed by atoms with E-state index in [0.717, 1.165) is 19.3 Å². The summed E-state index contributed by atoms with van der Waals surface area (Å²) >= 11 is 0. The molecule has 17 heavy (non-hydrogen) atoms. The third-order valence-electron chi connectivity index (χ3n) is 2.54. The van der Waals surface area contributed by atoms with Crippen LogP contribution in [0.5, 0.6) is 0 Å². The zero-order valence-electron chi connectivity index (χ0n) is 9.82. The minimum Gasteiger partial charge on any atom is -0.481 e. The monoisotopic (exact) mass is 238 g/mol. The summed E-state index contributed by atoms with van der Waals surface area (Å²) in [5.74, 6) is -0.792. The molecule has 0 saturated heterocycles. The number of nitrogens with zero attached hydrogens (tertiary/aromatic N) is 1. The van der Waals surface area contributed by atoms with Crippen LogP contribution in [0.15, 0.2) is 16.8 Å². The van der Waals surface area contributed by atoms with Crippen molar-refractivity contribution < 1.29 is 14.7 Å². The molecule has 0 fully saturated rings. The lowest BCUT2D eigenvalue weighted by molar-refractivity contribution is -0.137. The summed E-state index contributed by atoms with van der Waals surface area (Å²) in [6.07, 6.45) is 7.59. The van der Waals surface area contributed by atoms with E-state index in [1.165, 1.54) is 0 Å². The maximum atomic E-state index is 11.5. The van der Waals surface area contributed by atoms with E-state index >= 15 is 0 Å². The summed E-state index contributed by atoms with van der Waals surface area (Å²) in [6, 6.07) is 0. The average Bonchev–Trinajstić information content (AvgIpc) is 2.80. The van der Waals surface area contributed by atoms with Crippen LogP contribution in [-0.2, 0) is 9.59 Å². The quantitative estimate of drug-likeness (QED) is 0.629. The molecule has 0 aliphatic carbocycles. The second-order valence-corrected chi connectivity index (χ2v) is 4.00. The first kappa shape index (κ1) is 13.4. The van der Waals surface area contributed by atoms with Crippen LogP contribution < -0.4 is 5.32 Å². The molecule has 1 amide bonds. The van der Waals surface area contributed by atoms with Gasteiger partial charge in [0.25, 0.3) is 0 Å². The van der Waals surface area contributed by atoms with Gasteiger partial charge >= 0.3 is 5.97 Å². The predicted octanol–water partition coefficient (Wildman–Crippen LogP) is 1.50. The van der Waals surface area contributed by atoms with E-state index in [-0.39, 0.29) is 12.3 Å². The zero-order valence-corrected chi connectivity index (χ0v) is 9.82. The second-order valence-electron chi connectivity index (χ2n) is 4.00. The van der Waals surface area contributed by atoms with E-state index in [9.17, 15) is 9.59 Å². The Morgan fingerprint density at radius 3 is 2.71 bits per heavy atom. The number of hydrogen-bond donors (Lipinski definition) is 2. The average molecular weight is 238 g/mol. The number of carboxylic acids is 1. The lowest BCUT2D eigenvalue weighted by Crippen LogP contribution is -2.25. The van der Waals surface area contributed by atoms with Crippen LogP contribution in [-0.4, -0.2) is 29.7 Å². The van der Waals surface area contributed by atoms with Crippen LogP contribution in [0.3, 0.4) is 0 Å². The molecule has 94 valence electrons. The molecule has 0 radical (unpaired) electrons. The summed E-state index contributed by atoms with van der Waals surface area (Å²) in [6.45, 7) is 0.642. The molecule has 0 unspecified atom stereocenters. The Labute approximate surface area is 101 Å². The smallest absolute Gasteiger partial charge is 0.303 e. The minimum atomic E-state index is -0.744. The lowest BCUT2D eigenvalue weighted by Gasteiger charge is -2.04. The Bertz CT molecular complexity index is 335. The second kappa shape index (κ2) is 7.60. The fourth-order valence-electron chi connectivity index (χ4n) is 1.57. The van der Waals surface area contributed by atoms with E-state index in [4.69, 9.17) is 5.11 Å². The maximum absolute atomic E-state index is 11.5. The van der Waals surface area contributed by atoms with Crippen LogP contribution in [0.25, 0.3) is 0 Å². The topological polar surface area (TPSA) is 78.8 Å². The van der Waals surface area contributed by atoms with Gasteiger partial charge in [0.1, 0.15) is 0 Å². The largest absolute Gasteiger partial charge is 0.481 e. The van der Waals surface area contributed by atoms with Crippen LogP contribution in [0, 0.1) is 0 Å². The molecule has 1 heterocycles. The number of nitrogens with one attached hydrogen (secondary N) is 1. The van der Waals surface area contributed by atoms with E-state index in [1.807, 2.05) is 0 Å². The Balaban J connectivity index is 1.94. The van der Waals surface area contributed by atoms with E-state index < -0.39 is 5.97 Å². The summed E-state index contributed by atoms with van der Waals surface area (Å²) in [5, 5.41) is 11.3. The lowest BCUT2D eigenvalue weighted by atomic mass is 10.1. The fraction of sp³-hybridized carbons (Fsp3) is 0.583. The molecule has 0 aromatic rings. The highest BCUT2D eigenvalue weighted by Gasteiger charge is 2.09. The number of amides is 1. The number of aliphatic imine (C=N–C) groups is 1. The van der Waals surface area contributed by atoms with Gasteiger partial charge in [-0.25, -0.2) is 0 Å². The fourth-order valence-corrected chi connectivity index (χ4v) is 1.57. The summed E-state index contributed by atoms with van der Waals surface area (Å²) in [7, 11) is 0. The molecule has 0 aromatic carbocycles. The zero-order chi connectivity index (χ0) is 12.5. The van der Waals surface area contributed by atoms with E-state index in [0.29, 0.717) is 25.0 Å². The van der Waals surface area contributed by atoms with Crippen molar-refractivity contribution in [2.75, 3.05) is 6.54 Å². The van der Waals surface area contributed by atoms with Gasteiger partial charge in [-0.15, -0.1) is 0 Å². The Morgan fingerprint density at radius 1 is 1.29 bits per heavy atom. The van der Waals surface area contributed by atoms with Crippen molar-refractivity contribution in [1.82, 2.24) is 5.32 Å². The molecular weight excluding hydrogens is 220 g/mol. The van der Waals surface area contributed by atoms with Crippen LogP contribution >= 0.6 is 0 Å². The minimum absolute atomic E-state index is 0.0481. The number of rotatable bonds is 8. The molecule has 2 N–H and O–H groups in total. The number of carbonyl (C=O) groups excluding carboxylic acids is 1. The Kier molecular flexibility index (Phi) is 5.99. The van der Waals surface area contributed by atoms with Crippen molar-refractivity contribution in [2.45, 2.75) is 38.5 Å². The van der Waals surface area contributed by atoms with Crippen LogP contribution in [0.2, 0.25) is 0 Å². The van der Waals surface area contributed by atoms with Crippen molar-refractivity contribution in [3.63, 3.8) is 0 Å². The van der Waals surface area contributed by atoms with Crippen LogP contribution in [0.4, 0.5) is 0 Å². The molecule has 0 spiro atoms. The number of carbonyl (C=O) groups is 2. The highest BCUT2D eigenvalue weighted by atomic mass is 16.4. The molecule has 0 atom stereocenters. The first-order valence-corrected chi connectivity index (χ1v) is 5.91. The number of carboxylic acid groups (broad SMARTS) is 1. The van der Waals surface area contributed by atoms with Crippen LogP contribution in [0.1, 0.15) is 38.5 Å². The van der Waals surface area contributed by atoms with E-state index in [2.05, 4.69) is 10.3 Å². The Morgan fingerprint density at radius 2 is 2.06 bits per heavy atom. The number of aliphatic carboxylic acids is 1. The Hall–Kier alpha value is -1.65. The molecule has 0 aromatic heterocycles. The summed E-state index contributed by atoms with van der Waals surface area (Å²) in [5.41, 5.74) is 0.705. The van der Waals surface area contributed by atoms with Gasteiger partial charge in [0.15, 0.2) is 0 Å². The van der Waals surface area contributed by atoms with Gasteiger partial charge in [-0.05, 0) is 12.8 Å². The van der Waals surface area contributed by atoms with Crippen molar-refractivity contribution >= 4 is 18.1 Å². The number of hydrogen-bond acceptors (Lipinski definition) is 3. The molecule has 1 aliphatic heterocycles. The molecule has 5 heteroatoms. The molecule has 5 nitrogen and oxygen atoms in total. The normalized spacial score (nSPS) is 13.5. The third kappa shape index (κ3) is 5.85. The van der Waals surface area contributed by atoms with Crippen molar-refractivity contribution in [3.8, 4) is 0 Å². The van der Waals surface area contributed by atoms with Gasteiger partial charge in [-0.2, -0.15) is 0 Å². The van der Waals surface area contributed by atoms with Gasteiger partial charge in [0, 0.05) is 37.4 Å². The first-order chi connectivity index (χ1) is 8.20. The first-order valence-electron chi connectivity index (χ1n) is 5.91. The standard InChI is InChI=1S/C12H18N2O3/c15-11(16)5-3-1-2-4-7-14-12(17)10-6-8-13-9-10/h8-9H,1-7H2,(H,14,17)(H,15,16). The van der Waals surface area contributed by atoms with Gasteiger partial charge < -0.3 is 10.4 Å². The van der Waals surface area contributed by atoms with Gasteiger partial charge in [0.2, 0.25) is 5.91 Å². The van der Waals surface area contributed by atoms with E-state index in [1.54, 1.807) is 12.4 Å². The van der Waals surface area contributed by atoms with Crippen molar-refractivity contribution in [2.24, 2.45) is 4.99 Å². The molecule has 1 aliphatic rings. The van der Waals surface area contributed by atoms with Crippen molar-refractivity contribution in [3.05, 3.63) is 11.8 Å². The summed E-state index contributed by atoms with van der Waals surface area (Å²) < 4.78 is 0. The third-order valence-corrected chi connectivity index (χ3v) is 2.54. The SMILES string of the molecule is O=C(O)CCCCCCNC(=O)C1=CN=CC1. The van der Waals surface area contributed by atoms with Gasteiger partial charge in [-0.3, -0.25) is 14.6 Å². The summed E-state index contributed by atoms with van der Waals surface area (Å²) in [4.78, 5) is 25.6. The van der Waals surface area contributed by atoms with Gasteiger partial charge in [0.05, 0.1) is 0 Å². The van der Waals surface area contributed by atoms with Crippen molar-refractivity contribution in [1.29, 1.82) is 0 Å². The molecule has 1 rings (SSSR count). The highest BCUT2D eigenvalue weighted by molar-refractivity contribution is 5.97.